The second-order valence-electron chi connectivity index (χ2n) is 18.8. The second-order valence-corrected chi connectivity index (χ2v) is 18.8. The van der Waals surface area contributed by atoms with E-state index in [2.05, 4.69) is 218 Å². The third kappa shape index (κ3) is 9.21. The molecule has 372 valence electrons. The summed E-state index contributed by atoms with van der Waals surface area (Å²) < 4.78 is 36.3. The Kier molecular flexibility index (Phi) is 13.1. The maximum atomic E-state index is 6.05. The molecule has 0 unspecified atom stereocenters. The van der Waals surface area contributed by atoms with E-state index in [0.29, 0.717) is 39.6 Å². The summed E-state index contributed by atoms with van der Waals surface area (Å²) in [5, 5.41) is 14.0. The summed E-state index contributed by atoms with van der Waals surface area (Å²) in [6.45, 7) is 2.14. The van der Waals surface area contributed by atoms with Crippen LogP contribution in [0.2, 0.25) is 0 Å². The molecule has 15 rings (SSSR count). The van der Waals surface area contributed by atoms with Crippen LogP contribution in [0, 0.1) is 35.5 Å². The number of hydrogen-bond donors (Lipinski definition) is 0. The van der Waals surface area contributed by atoms with Crippen molar-refractivity contribution in [2.45, 2.75) is 0 Å². The molecule has 78 heavy (non-hydrogen) atoms. The van der Waals surface area contributed by atoms with Gasteiger partial charge in [-0.1, -0.05) is 218 Å². The molecule has 12 aromatic rings. The van der Waals surface area contributed by atoms with Gasteiger partial charge in [-0.2, -0.15) is 0 Å². The van der Waals surface area contributed by atoms with Crippen LogP contribution in [-0.4, -0.2) is 39.6 Å². The molecule has 0 radical (unpaired) electrons. The third-order valence-corrected chi connectivity index (χ3v) is 14.3. The fourth-order valence-corrected chi connectivity index (χ4v) is 10.8. The molecule has 12 aromatic carbocycles. The first-order valence-corrected chi connectivity index (χ1v) is 26.0. The molecular weight excluding hydrogens is 961 g/mol. The van der Waals surface area contributed by atoms with Crippen molar-refractivity contribution < 1.29 is 28.4 Å². The minimum absolute atomic E-state index is 0.356. The van der Waals surface area contributed by atoms with Gasteiger partial charge >= 0.3 is 0 Å². The van der Waals surface area contributed by atoms with Crippen LogP contribution >= 0.6 is 0 Å². The predicted molar refractivity (Wildman–Crippen MR) is 317 cm³/mol. The fourth-order valence-electron chi connectivity index (χ4n) is 10.8. The van der Waals surface area contributed by atoms with Crippen molar-refractivity contribution in [3.8, 4) is 103 Å². The SMILES string of the molecule is C1#CCOc2ccc3ccccc3c2-c2c(ccc3ccccc23)OC1.C1#CCOc2ccc3ccccc3c2-c2c(ccc3ccccc23)OC1.C1#CCOc2ccc3ccccc3c2-c2c(ccc3ccccc23)OC1. The molecule has 6 heteroatoms. The topological polar surface area (TPSA) is 55.4 Å². The zero-order valence-corrected chi connectivity index (χ0v) is 42.5. The van der Waals surface area contributed by atoms with Gasteiger partial charge in [0.2, 0.25) is 0 Å². The highest BCUT2D eigenvalue weighted by atomic mass is 16.5. The van der Waals surface area contributed by atoms with E-state index in [-0.39, 0.29) is 0 Å². The lowest BCUT2D eigenvalue weighted by Crippen LogP contribution is -2.03. The monoisotopic (exact) mass is 1010 g/mol. The van der Waals surface area contributed by atoms with Gasteiger partial charge in [0.05, 0.1) is 0 Å². The average Bonchev–Trinajstić information content (AvgIpc) is 3.70. The van der Waals surface area contributed by atoms with Crippen LogP contribution in [0.3, 0.4) is 0 Å². The molecule has 0 atom stereocenters. The summed E-state index contributed by atoms with van der Waals surface area (Å²) in [6.07, 6.45) is 0. The number of ether oxygens (including phenoxy) is 6. The van der Waals surface area contributed by atoms with Gasteiger partial charge in [-0.3, -0.25) is 0 Å². The van der Waals surface area contributed by atoms with E-state index in [0.717, 1.165) is 100 Å². The highest BCUT2D eigenvalue weighted by molar-refractivity contribution is 6.12. The van der Waals surface area contributed by atoms with Gasteiger partial charge in [-0.15, -0.1) is 0 Å². The van der Waals surface area contributed by atoms with E-state index in [1.807, 2.05) is 36.4 Å². The number of hydrogen-bond acceptors (Lipinski definition) is 6. The average molecular weight is 1010 g/mol. The Bertz CT molecular complexity index is 3760. The van der Waals surface area contributed by atoms with Crippen LogP contribution in [-0.2, 0) is 0 Å². The molecule has 0 aromatic heterocycles. The van der Waals surface area contributed by atoms with Gasteiger partial charge in [0.1, 0.15) is 74.1 Å². The Balaban J connectivity index is 0.000000111. The van der Waals surface area contributed by atoms with Gasteiger partial charge in [-0.25, -0.2) is 0 Å². The first kappa shape index (κ1) is 47.4. The molecule has 0 saturated carbocycles. The van der Waals surface area contributed by atoms with Gasteiger partial charge in [-0.05, 0) is 101 Å². The molecule has 3 aliphatic heterocycles. The summed E-state index contributed by atoms with van der Waals surface area (Å²) in [4.78, 5) is 0. The largest absolute Gasteiger partial charge is 0.480 e. The van der Waals surface area contributed by atoms with Crippen molar-refractivity contribution in [1.29, 1.82) is 0 Å². The third-order valence-electron chi connectivity index (χ3n) is 14.3. The fraction of sp³-hybridized carbons (Fsp3) is 0.0833. The minimum atomic E-state index is 0.356. The molecule has 0 aliphatic carbocycles. The lowest BCUT2D eigenvalue weighted by Gasteiger charge is -2.19. The predicted octanol–water partition coefficient (Wildman–Crippen LogP) is 16.3. The molecular formula is C72H48O6. The molecule has 3 heterocycles. The maximum Gasteiger partial charge on any atom is 0.149 e. The zero-order chi connectivity index (χ0) is 52.0. The van der Waals surface area contributed by atoms with E-state index in [1.54, 1.807) is 0 Å². The molecule has 6 nitrogen and oxygen atoms in total. The highest BCUT2D eigenvalue weighted by Gasteiger charge is 2.22. The number of fused-ring (bicyclic) bond motifs is 21. The normalized spacial score (nSPS) is 12.9. The van der Waals surface area contributed by atoms with E-state index in [9.17, 15) is 0 Å². The van der Waals surface area contributed by atoms with Crippen LogP contribution in [0.1, 0.15) is 0 Å². The smallest absolute Gasteiger partial charge is 0.149 e. The van der Waals surface area contributed by atoms with E-state index in [1.165, 1.54) is 32.3 Å². The molecule has 0 amide bonds. The molecule has 0 fully saturated rings. The van der Waals surface area contributed by atoms with Crippen LogP contribution in [0.25, 0.3) is 98.0 Å². The second kappa shape index (κ2) is 21.5. The Morgan fingerprint density at radius 3 is 0.500 bits per heavy atom. The van der Waals surface area contributed by atoms with Crippen molar-refractivity contribution >= 4 is 64.6 Å². The highest BCUT2D eigenvalue weighted by Crippen LogP contribution is 2.49. The van der Waals surface area contributed by atoms with Gasteiger partial charge in [0, 0.05) is 33.4 Å². The quantitative estimate of drug-likeness (QED) is 0.141. The van der Waals surface area contributed by atoms with Crippen LogP contribution in [0.15, 0.2) is 218 Å². The molecule has 3 aliphatic rings. The number of benzene rings is 12. The summed E-state index contributed by atoms with van der Waals surface area (Å²) in [5.41, 5.74) is 6.41. The van der Waals surface area contributed by atoms with Crippen LogP contribution in [0.5, 0.6) is 34.5 Å². The summed E-state index contributed by atoms with van der Waals surface area (Å²) in [5.74, 6) is 23.1. The number of rotatable bonds is 0. The first-order chi connectivity index (χ1) is 38.7. The molecule has 0 saturated heterocycles. The Hall–Kier alpha value is -10.3. The summed E-state index contributed by atoms with van der Waals surface area (Å²) in [6, 6.07) is 75.1. The Labute approximate surface area is 452 Å². The standard InChI is InChI=1S/3C24H16O2/c3*1-3-9-19-17(7-1)11-13-21-23(19)24-20-10-4-2-8-18(20)12-14-22(24)26-16-6-5-15-25-21/h3*1-4,7-14H,15-16H2. The van der Waals surface area contributed by atoms with Crippen LogP contribution in [0.4, 0.5) is 0 Å². The minimum Gasteiger partial charge on any atom is -0.480 e. The van der Waals surface area contributed by atoms with Gasteiger partial charge in [0.15, 0.2) is 0 Å². The van der Waals surface area contributed by atoms with Crippen molar-refractivity contribution in [1.82, 2.24) is 0 Å². The molecule has 0 bridgehead atoms. The van der Waals surface area contributed by atoms with Gasteiger partial charge < -0.3 is 28.4 Å². The van der Waals surface area contributed by atoms with Crippen molar-refractivity contribution in [3.05, 3.63) is 218 Å². The maximum absolute atomic E-state index is 6.05. The van der Waals surface area contributed by atoms with E-state index in [4.69, 9.17) is 28.4 Å². The van der Waals surface area contributed by atoms with E-state index < -0.39 is 0 Å². The summed E-state index contributed by atoms with van der Waals surface area (Å²) >= 11 is 0. The van der Waals surface area contributed by atoms with Crippen LogP contribution < -0.4 is 28.4 Å². The van der Waals surface area contributed by atoms with Crippen molar-refractivity contribution in [2.24, 2.45) is 0 Å². The first-order valence-electron chi connectivity index (χ1n) is 26.0. The molecule has 0 N–H and O–H groups in total. The van der Waals surface area contributed by atoms with Crippen molar-refractivity contribution in [2.75, 3.05) is 39.6 Å². The lowest BCUT2D eigenvalue weighted by molar-refractivity contribution is 0.359. The summed E-state index contributed by atoms with van der Waals surface area (Å²) in [7, 11) is 0. The lowest BCUT2D eigenvalue weighted by atomic mass is 9.92. The van der Waals surface area contributed by atoms with Gasteiger partial charge in [0.25, 0.3) is 0 Å². The van der Waals surface area contributed by atoms with E-state index >= 15 is 0 Å². The van der Waals surface area contributed by atoms with Crippen molar-refractivity contribution in [3.63, 3.8) is 0 Å². The Morgan fingerprint density at radius 2 is 0.333 bits per heavy atom. The Morgan fingerprint density at radius 1 is 0.179 bits per heavy atom. The molecule has 0 spiro atoms. The zero-order valence-electron chi connectivity index (χ0n) is 42.5.